The predicted octanol–water partition coefficient (Wildman–Crippen LogP) is 6.38. The molecule has 8 amide bonds. The number of nitrogens with zero attached hydrogens (tertiary/aromatic N) is 4. The minimum atomic E-state index is -1.04. The van der Waals surface area contributed by atoms with Gasteiger partial charge >= 0.3 is 0 Å². The van der Waals surface area contributed by atoms with Crippen LogP contribution in [0.3, 0.4) is 0 Å². The molecule has 0 bridgehead atoms. The molecule has 12 nitrogen and oxygen atoms in total. The summed E-state index contributed by atoms with van der Waals surface area (Å²) < 4.78 is 0. The SMILES string of the molecule is CN1C(=O)C2=CCc3c4cc(C5=Cc6c7ccc8c9c7c(c7ccc%10c(c67)C5C(=O)N(C)C%10=O)CC=C9C(=O)N(C)C8=O)c5c6c4c(c4ccc(c2c34)C1=O)C=CC6C(=O)N(C)C5=O. The van der Waals surface area contributed by atoms with Crippen molar-refractivity contribution in [3.8, 4) is 0 Å². The third-order valence-electron chi connectivity index (χ3n) is 15.3. The van der Waals surface area contributed by atoms with Gasteiger partial charge in [0, 0.05) is 67.2 Å². The molecule has 0 spiro atoms. The summed E-state index contributed by atoms with van der Waals surface area (Å²) in [4.78, 5) is 117. The highest BCUT2D eigenvalue weighted by molar-refractivity contribution is 6.38. The molecule has 6 aromatic rings. The maximum absolute atomic E-state index is 15.0. The number of likely N-dealkylation sites (N-methyl/N-ethyl adjacent to an activating group) is 4. The number of rotatable bonds is 1. The lowest BCUT2D eigenvalue weighted by Gasteiger charge is -2.39. The van der Waals surface area contributed by atoms with E-state index in [1.165, 1.54) is 28.2 Å². The van der Waals surface area contributed by atoms with Crippen molar-refractivity contribution >= 4 is 119 Å². The number of carbonyl (C=O) groups is 8. The Morgan fingerprint density at radius 3 is 1.64 bits per heavy atom. The van der Waals surface area contributed by atoms with E-state index in [4.69, 9.17) is 0 Å². The molecule has 4 aliphatic carbocycles. The fourth-order valence-corrected chi connectivity index (χ4v) is 12.4. The Balaban J connectivity index is 1.16. The van der Waals surface area contributed by atoms with Gasteiger partial charge in [-0.2, -0.15) is 0 Å². The fraction of sp³-hybridized carbons (Fsp3) is 0.154. The van der Waals surface area contributed by atoms with Gasteiger partial charge in [0.05, 0.1) is 17.4 Å². The van der Waals surface area contributed by atoms with E-state index >= 15 is 0 Å². The van der Waals surface area contributed by atoms with Crippen LogP contribution >= 0.6 is 0 Å². The Labute approximate surface area is 362 Å². The van der Waals surface area contributed by atoms with E-state index in [0.29, 0.717) is 85.0 Å². The summed E-state index contributed by atoms with van der Waals surface area (Å²) in [7, 11) is 5.87. The maximum Gasteiger partial charge on any atom is 0.261 e. The first-order valence-corrected chi connectivity index (χ1v) is 21.1. The number of hydrogen-bond acceptors (Lipinski definition) is 8. The van der Waals surface area contributed by atoms with Crippen molar-refractivity contribution in [3.63, 3.8) is 0 Å². The van der Waals surface area contributed by atoms with Crippen LogP contribution in [0.25, 0.3) is 72.0 Å². The zero-order chi connectivity index (χ0) is 43.8. The highest BCUT2D eigenvalue weighted by Crippen LogP contribution is 2.56. The van der Waals surface area contributed by atoms with Crippen molar-refractivity contribution in [1.29, 1.82) is 0 Å². The van der Waals surface area contributed by atoms with Gasteiger partial charge in [0.15, 0.2) is 0 Å². The second-order valence-corrected chi connectivity index (χ2v) is 17.9. The van der Waals surface area contributed by atoms with Crippen LogP contribution in [0.15, 0.2) is 60.7 Å². The van der Waals surface area contributed by atoms with Gasteiger partial charge in [0.2, 0.25) is 11.8 Å². The van der Waals surface area contributed by atoms with Crippen LogP contribution in [0.5, 0.6) is 0 Å². The van der Waals surface area contributed by atoms with Crippen molar-refractivity contribution < 1.29 is 38.4 Å². The van der Waals surface area contributed by atoms with Gasteiger partial charge in [-0.15, -0.1) is 0 Å². The van der Waals surface area contributed by atoms with Crippen molar-refractivity contribution in [2.75, 3.05) is 28.2 Å². The van der Waals surface area contributed by atoms with Crippen molar-refractivity contribution in [2.45, 2.75) is 24.7 Å². The molecule has 2 atom stereocenters. The molecule has 0 N–H and O–H groups in total. The summed E-state index contributed by atoms with van der Waals surface area (Å²) in [6.45, 7) is 0. The molecule has 0 fully saturated rings. The van der Waals surface area contributed by atoms with E-state index in [1.54, 1.807) is 24.3 Å². The molecule has 12 heteroatoms. The van der Waals surface area contributed by atoms with Gasteiger partial charge in [-0.05, 0) is 131 Å². The maximum atomic E-state index is 15.0. The van der Waals surface area contributed by atoms with Crippen LogP contribution in [0.2, 0.25) is 0 Å². The summed E-state index contributed by atoms with van der Waals surface area (Å²) in [5, 5.41) is 5.95. The summed E-state index contributed by atoms with van der Waals surface area (Å²) in [5.41, 5.74) is 8.45. The normalized spacial score (nSPS) is 21.0. The van der Waals surface area contributed by atoms with E-state index < -0.39 is 59.1 Å². The highest BCUT2D eigenvalue weighted by Gasteiger charge is 2.48. The van der Waals surface area contributed by atoms with Gasteiger partial charge in [0.25, 0.3) is 35.4 Å². The first-order chi connectivity index (χ1) is 30.8. The first-order valence-electron chi connectivity index (χ1n) is 21.1. The molecule has 4 heterocycles. The second-order valence-electron chi connectivity index (χ2n) is 17.9. The molecule has 0 radical (unpaired) electrons. The van der Waals surface area contributed by atoms with Crippen LogP contribution in [-0.4, -0.2) is 95.0 Å². The predicted molar refractivity (Wildman–Crippen MR) is 237 cm³/mol. The van der Waals surface area contributed by atoms with Crippen molar-refractivity contribution in [2.24, 2.45) is 0 Å². The fourth-order valence-electron chi connectivity index (χ4n) is 12.4. The average molecular weight is 839 g/mol. The summed E-state index contributed by atoms with van der Waals surface area (Å²) in [6, 6.07) is 12.8. The molecule has 4 aliphatic heterocycles. The number of benzene rings is 6. The van der Waals surface area contributed by atoms with Gasteiger partial charge in [-0.3, -0.25) is 58.0 Å². The number of amides is 8. The number of imide groups is 4. The largest absolute Gasteiger partial charge is 0.281 e. The summed E-state index contributed by atoms with van der Waals surface area (Å²) >= 11 is 0. The number of carbonyl (C=O) groups excluding carboxylic acids is 8. The molecule has 64 heavy (non-hydrogen) atoms. The molecule has 6 aromatic carbocycles. The quantitative estimate of drug-likeness (QED) is 0.137. The molecule has 2 unspecified atom stereocenters. The lowest BCUT2D eigenvalue weighted by atomic mass is 9.67. The molecule has 0 saturated heterocycles. The Morgan fingerprint density at radius 1 is 0.469 bits per heavy atom. The Bertz CT molecular complexity index is 3810. The lowest BCUT2D eigenvalue weighted by Crippen LogP contribution is -2.44. The minimum absolute atomic E-state index is 0.272. The van der Waals surface area contributed by atoms with E-state index in [9.17, 15) is 38.4 Å². The van der Waals surface area contributed by atoms with Gasteiger partial charge in [0.1, 0.15) is 0 Å². The van der Waals surface area contributed by atoms with Gasteiger partial charge < -0.3 is 0 Å². The molecule has 8 aliphatic rings. The monoisotopic (exact) mass is 838 g/mol. The molecule has 306 valence electrons. The second kappa shape index (κ2) is 11.1. The number of hydrogen-bond donors (Lipinski definition) is 0. The average Bonchev–Trinajstić information content (AvgIpc) is 3.31. The van der Waals surface area contributed by atoms with E-state index in [0.717, 1.165) is 74.0 Å². The third kappa shape index (κ3) is 3.70. The molecular formula is C52H30N4O8. The molecule has 14 rings (SSSR count). The standard InChI is InChI=1S/C52H30N4O8/c1-53-45(57)25-11-5-19-21-7-15-29-41-37(21)31(23-9-13-27(47(53)59)39(25)35(19)23)17-33(43(41)51(63)55(3)49(29)61)34-18-32-24-10-14-28-40-26(46(58)54(2)48(28)60)12-6-20(36(24)40)22-8-16-30-42(38(22)32)44(34)52(64)56(4)50(30)62/h5,7-8,10-18,29,44H,6,9H2,1-4H3. The molecule has 0 saturated carbocycles. The van der Waals surface area contributed by atoms with Crippen molar-refractivity contribution in [1.82, 2.24) is 19.6 Å². The Morgan fingerprint density at radius 2 is 1.00 bits per heavy atom. The van der Waals surface area contributed by atoms with E-state index in [1.807, 2.05) is 48.6 Å². The van der Waals surface area contributed by atoms with Gasteiger partial charge in [-0.25, -0.2) is 0 Å². The van der Waals surface area contributed by atoms with Crippen molar-refractivity contribution in [3.05, 3.63) is 133 Å². The molecular weight excluding hydrogens is 809 g/mol. The van der Waals surface area contributed by atoms with Crippen LogP contribution < -0.4 is 0 Å². The topological polar surface area (TPSA) is 150 Å². The molecule has 0 aromatic heterocycles. The van der Waals surface area contributed by atoms with Crippen LogP contribution in [0, 0.1) is 0 Å². The zero-order valence-corrected chi connectivity index (χ0v) is 34.6. The summed E-state index contributed by atoms with van der Waals surface area (Å²) in [5.74, 6) is -5.36. The van der Waals surface area contributed by atoms with E-state index in [2.05, 4.69) is 0 Å². The van der Waals surface area contributed by atoms with E-state index in [-0.39, 0.29) is 5.56 Å². The minimum Gasteiger partial charge on any atom is -0.281 e. The number of fused-ring (bicyclic) bond motifs is 4. The third-order valence-corrected chi connectivity index (χ3v) is 15.3. The van der Waals surface area contributed by atoms with Crippen LogP contribution in [0.1, 0.15) is 103 Å². The Kier molecular flexibility index (Phi) is 6.14. The lowest BCUT2D eigenvalue weighted by molar-refractivity contribution is -0.129. The van der Waals surface area contributed by atoms with Crippen LogP contribution in [-0.2, 0) is 32.0 Å². The van der Waals surface area contributed by atoms with Crippen LogP contribution in [0.4, 0.5) is 0 Å². The highest BCUT2D eigenvalue weighted by atomic mass is 16.2. The Hall–Kier alpha value is -8.12. The number of allylic oxidation sites excluding steroid dienone is 2. The van der Waals surface area contributed by atoms with Gasteiger partial charge in [-0.1, -0.05) is 42.5 Å². The first kappa shape index (κ1) is 35.5. The smallest absolute Gasteiger partial charge is 0.261 e. The zero-order valence-electron chi connectivity index (χ0n) is 34.6. The summed E-state index contributed by atoms with van der Waals surface area (Å²) in [6.07, 6.45) is 10.00.